The van der Waals surface area contributed by atoms with Crippen molar-refractivity contribution in [2.75, 3.05) is 12.2 Å². The summed E-state index contributed by atoms with van der Waals surface area (Å²) in [6.07, 6.45) is 4.24. The fourth-order valence-electron chi connectivity index (χ4n) is 3.08. The van der Waals surface area contributed by atoms with E-state index in [0.717, 1.165) is 25.7 Å². The van der Waals surface area contributed by atoms with Crippen molar-refractivity contribution in [1.82, 2.24) is 0 Å². The Morgan fingerprint density at radius 1 is 1.21 bits per heavy atom. The Balaban J connectivity index is 1.87. The van der Waals surface area contributed by atoms with Gasteiger partial charge in [-0.25, -0.2) is 4.39 Å². The van der Waals surface area contributed by atoms with Crippen molar-refractivity contribution in [3.05, 3.63) is 51.5 Å². The van der Waals surface area contributed by atoms with Gasteiger partial charge < -0.3 is 14.8 Å². The lowest BCUT2D eigenvalue weighted by Crippen LogP contribution is -2.16. The largest absolute Gasteiger partial charge is 0.490 e. The zero-order valence-corrected chi connectivity index (χ0v) is 16.3. The lowest BCUT2D eigenvalue weighted by molar-refractivity contribution is 0.101. The van der Waals surface area contributed by atoms with Crippen LogP contribution in [-0.2, 0) is 0 Å². The summed E-state index contributed by atoms with van der Waals surface area (Å²) in [4.78, 5) is 12.8. The molecule has 0 heterocycles. The normalized spacial score (nSPS) is 13.8. The smallest absolute Gasteiger partial charge is 0.259 e. The first-order valence-corrected chi connectivity index (χ1v) is 9.47. The van der Waals surface area contributed by atoms with Crippen LogP contribution in [0.3, 0.4) is 0 Å². The highest BCUT2D eigenvalue weighted by atomic mass is 35.5. The van der Waals surface area contributed by atoms with Gasteiger partial charge in [0.15, 0.2) is 0 Å². The molecular weight excluding hydrogens is 406 g/mol. The van der Waals surface area contributed by atoms with E-state index in [4.69, 9.17) is 37.9 Å². The molecule has 0 spiro atoms. The van der Waals surface area contributed by atoms with E-state index in [1.54, 1.807) is 6.07 Å². The maximum Gasteiger partial charge on any atom is 0.259 e. The van der Waals surface area contributed by atoms with Gasteiger partial charge in [-0.2, -0.15) is 5.26 Å². The quantitative estimate of drug-likeness (QED) is 0.643. The van der Waals surface area contributed by atoms with Gasteiger partial charge in [-0.3, -0.25) is 4.79 Å². The number of carbonyl (C=O) groups is 1. The SMILES string of the molecule is N#Cc1cc(Cl)c(NC(=O)c2cc(OC3CCCC3)ccc2OCF)c(Cl)c1. The van der Waals surface area contributed by atoms with Crippen LogP contribution in [0.5, 0.6) is 11.5 Å². The Kier molecular flexibility index (Phi) is 6.61. The van der Waals surface area contributed by atoms with E-state index < -0.39 is 12.8 Å². The van der Waals surface area contributed by atoms with Gasteiger partial charge in [0, 0.05) is 0 Å². The minimum Gasteiger partial charge on any atom is -0.490 e. The maximum atomic E-state index is 12.8. The topological polar surface area (TPSA) is 71.4 Å². The van der Waals surface area contributed by atoms with Crippen molar-refractivity contribution in [3.8, 4) is 17.6 Å². The predicted molar refractivity (Wildman–Crippen MR) is 105 cm³/mol. The number of nitrogens with one attached hydrogen (secondary N) is 1. The number of carbonyl (C=O) groups excluding carboxylic acids is 1. The van der Waals surface area contributed by atoms with Crippen LogP contribution in [0.2, 0.25) is 10.0 Å². The van der Waals surface area contributed by atoms with Crippen molar-refractivity contribution in [1.29, 1.82) is 5.26 Å². The molecule has 0 atom stereocenters. The van der Waals surface area contributed by atoms with Crippen LogP contribution in [0.25, 0.3) is 0 Å². The molecule has 1 saturated carbocycles. The predicted octanol–water partition coefficient (Wildman–Crippen LogP) is 5.74. The number of benzene rings is 2. The second-order valence-corrected chi connectivity index (χ2v) is 7.13. The summed E-state index contributed by atoms with van der Waals surface area (Å²) < 4.78 is 23.6. The average Bonchev–Trinajstić information content (AvgIpc) is 3.18. The third-order valence-electron chi connectivity index (χ3n) is 4.42. The first kappa shape index (κ1) is 20.2. The van der Waals surface area contributed by atoms with E-state index >= 15 is 0 Å². The average molecular weight is 423 g/mol. The van der Waals surface area contributed by atoms with Crippen molar-refractivity contribution >= 4 is 34.8 Å². The molecule has 0 saturated heterocycles. The number of ether oxygens (including phenoxy) is 2. The molecule has 1 aliphatic carbocycles. The first-order chi connectivity index (χ1) is 13.5. The summed E-state index contributed by atoms with van der Waals surface area (Å²) in [5.41, 5.74) is 0.506. The molecule has 0 bridgehead atoms. The van der Waals surface area contributed by atoms with Crippen molar-refractivity contribution in [2.24, 2.45) is 0 Å². The highest BCUT2D eigenvalue weighted by Crippen LogP contribution is 2.34. The molecule has 1 fully saturated rings. The summed E-state index contributed by atoms with van der Waals surface area (Å²) >= 11 is 12.2. The lowest BCUT2D eigenvalue weighted by Gasteiger charge is -2.16. The number of amides is 1. The van der Waals surface area contributed by atoms with Gasteiger partial charge in [0.2, 0.25) is 6.86 Å². The van der Waals surface area contributed by atoms with Crippen LogP contribution in [0.1, 0.15) is 41.6 Å². The van der Waals surface area contributed by atoms with Crippen LogP contribution < -0.4 is 14.8 Å². The van der Waals surface area contributed by atoms with E-state index in [1.165, 1.54) is 24.3 Å². The fraction of sp³-hybridized carbons (Fsp3) is 0.300. The number of anilines is 1. The minimum absolute atomic E-state index is 0.0691. The number of nitriles is 1. The Labute approximate surface area is 172 Å². The van der Waals surface area contributed by atoms with E-state index in [-0.39, 0.29) is 38.7 Å². The van der Waals surface area contributed by atoms with Crippen LogP contribution in [0.4, 0.5) is 10.1 Å². The minimum atomic E-state index is -1.08. The highest BCUT2D eigenvalue weighted by molar-refractivity contribution is 6.40. The molecule has 5 nitrogen and oxygen atoms in total. The van der Waals surface area contributed by atoms with E-state index in [0.29, 0.717) is 5.75 Å². The molecular formula is C20H17Cl2FN2O3. The van der Waals surface area contributed by atoms with E-state index in [9.17, 15) is 9.18 Å². The van der Waals surface area contributed by atoms with Crippen molar-refractivity contribution < 1.29 is 18.7 Å². The fourth-order valence-corrected chi connectivity index (χ4v) is 3.66. The first-order valence-electron chi connectivity index (χ1n) is 8.71. The number of alkyl halides is 1. The molecule has 1 N–H and O–H groups in total. The molecule has 2 aromatic carbocycles. The second kappa shape index (κ2) is 9.13. The molecule has 146 valence electrons. The van der Waals surface area contributed by atoms with Gasteiger partial charge in [-0.05, 0) is 56.0 Å². The number of hydrogen-bond acceptors (Lipinski definition) is 4. The summed E-state index contributed by atoms with van der Waals surface area (Å²) in [5.74, 6) is -0.0197. The Morgan fingerprint density at radius 3 is 2.50 bits per heavy atom. The molecule has 8 heteroatoms. The molecule has 2 aromatic rings. The monoisotopic (exact) mass is 422 g/mol. The third kappa shape index (κ3) is 4.67. The van der Waals surface area contributed by atoms with Gasteiger partial charge in [-0.1, -0.05) is 23.2 Å². The second-order valence-electron chi connectivity index (χ2n) is 6.32. The molecule has 1 aliphatic rings. The van der Waals surface area contributed by atoms with Gasteiger partial charge in [0.05, 0.1) is 39.0 Å². The number of halogens is 3. The molecule has 3 rings (SSSR count). The molecule has 0 radical (unpaired) electrons. The number of nitrogens with zero attached hydrogens (tertiary/aromatic N) is 1. The highest BCUT2D eigenvalue weighted by Gasteiger charge is 2.20. The zero-order valence-electron chi connectivity index (χ0n) is 14.8. The maximum absolute atomic E-state index is 12.8. The van der Waals surface area contributed by atoms with Gasteiger partial charge in [-0.15, -0.1) is 0 Å². The lowest BCUT2D eigenvalue weighted by atomic mass is 10.1. The standard InChI is InChI=1S/C20H17Cl2FN2O3/c21-16-7-12(10-24)8-17(22)19(16)25-20(26)15-9-14(5-6-18(15)27-11-23)28-13-3-1-2-4-13/h5-9,13H,1-4,11H2,(H,25,26). The molecule has 28 heavy (non-hydrogen) atoms. The Bertz CT molecular complexity index is 901. The summed E-state index contributed by atoms with van der Waals surface area (Å²) in [5, 5.41) is 11.8. The van der Waals surface area contributed by atoms with Crippen LogP contribution in [-0.4, -0.2) is 18.9 Å². The zero-order chi connectivity index (χ0) is 20.1. The molecule has 0 aliphatic heterocycles. The summed E-state index contributed by atoms with van der Waals surface area (Å²) in [6, 6.07) is 9.34. The summed E-state index contributed by atoms with van der Waals surface area (Å²) in [7, 11) is 0. The summed E-state index contributed by atoms with van der Waals surface area (Å²) in [6.45, 7) is -1.08. The number of hydrogen-bond donors (Lipinski definition) is 1. The Hall–Kier alpha value is -2.49. The van der Waals surface area contributed by atoms with E-state index in [1.807, 2.05) is 6.07 Å². The third-order valence-corrected chi connectivity index (χ3v) is 5.02. The van der Waals surface area contributed by atoms with Gasteiger partial charge in [0.1, 0.15) is 11.5 Å². The van der Waals surface area contributed by atoms with Crippen LogP contribution in [0, 0.1) is 11.3 Å². The Morgan fingerprint density at radius 2 is 1.89 bits per heavy atom. The van der Waals surface area contributed by atoms with Crippen LogP contribution >= 0.6 is 23.2 Å². The number of rotatable bonds is 6. The molecule has 0 aromatic heterocycles. The van der Waals surface area contributed by atoms with Gasteiger partial charge >= 0.3 is 0 Å². The van der Waals surface area contributed by atoms with Crippen LogP contribution in [0.15, 0.2) is 30.3 Å². The molecule has 1 amide bonds. The molecule has 0 unspecified atom stereocenters. The van der Waals surface area contributed by atoms with Gasteiger partial charge in [0.25, 0.3) is 5.91 Å². The van der Waals surface area contributed by atoms with Crippen molar-refractivity contribution in [3.63, 3.8) is 0 Å². The van der Waals surface area contributed by atoms with E-state index in [2.05, 4.69) is 5.32 Å². The van der Waals surface area contributed by atoms with Crippen molar-refractivity contribution in [2.45, 2.75) is 31.8 Å².